The predicted molar refractivity (Wildman–Crippen MR) is 133 cm³/mol. The number of aromatic nitrogens is 1. The monoisotopic (exact) mass is 473 g/mol. The first-order valence-electron chi connectivity index (χ1n) is 10.1. The van der Waals surface area contributed by atoms with Gasteiger partial charge >= 0.3 is 0 Å². The van der Waals surface area contributed by atoms with E-state index in [4.69, 9.17) is 10.5 Å². The summed E-state index contributed by atoms with van der Waals surface area (Å²) in [5.74, 6) is 0.751. The van der Waals surface area contributed by atoms with Gasteiger partial charge in [0.15, 0.2) is 0 Å². The minimum atomic E-state index is -3.70. The van der Waals surface area contributed by atoms with Crippen molar-refractivity contribution in [1.82, 2.24) is 4.98 Å². The molecular formula is C25H19N3O3S2. The largest absolute Gasteiger partial charge is 0.430 e. The average molecular weight is 474 g/mol. The number of rotatable bonds is 6. The fourth-order valence-electron chi connectivity index (χ4n) is 3.39. The van der Waals surface area contributed by atoms with Crippen molar-refractivity contribution in [2.24, 2.45) is 0 Å². The lowest BCUT2D eigenvalue weighted by molar-refractivity contribution is 0.485. The van der Waals surface area contributed by atoms with E-state index in [0.29, 0.717) is 16.6 Å². The molecule has 0 saturated heterocycles. The highest BCUT2D eigenvalue weighted by molar-refractivity contribution is 7.92. The topological polar surface area (TPSA) is 94.3 Å². The Kier molecular flexibility index (Phi) is 5.45. The lowest BCUT2D eigenvalue weighted by Gasteiger charge is -2.09. The highest BCUT2D eigenvalue weighted by atomic mass is 32.2. The molecule has 1 aromatic heterocycles. The Labute approximate surface area is 195 Å². The van der Waals surface area contributed by atoms with Crippen LogP contribution in [0.1, 0.15) is 0 Å². The first kappa shape index (κ1) is 21.0. The van der Waals surface area contributed by atoms with Gasteiger partial charge < -0.3 is 10.5 Å². The number of nitrogens with zero attached hydrogens (tertiary/aromatic N) is 1. The molecule has 0 fully saturated rings. The summed E-state index contributed by atoms with van der Waals surface area (Å²) in [7, 11) is -3.70. The number of sulfonamides is 1. The van der Waals surface area contributed by atoms with Gasteiger partial charge in [-0.15, -0.1) is 0 Å². The van der Waals surface area contributed by atoms with Crippen molar-refractivity contribution < 1.29 is 13.2 Å². The van der Waals surface area contributed by atoms with Gasteiger partial charge in [0.25, 0.3) is 15.2 Å². The molecule has 0 radical (unpaired) electrons. The molecule has 164 valence electrons. The maximum Gasteiger partial charge on any atom is 0.279 e. The Balaban J connectivity index is 1.32. The zero-order valence-corrected chi connectivity index (χ0v) is 18.9. The van der Waals surface area contributed by atoms with Gasteiger partial charge in [-0.2, -0.15) is 0 Å². The summed E-state index contributed by atoms with van der Waals surface area (Å²) in [5.41, 5.74) is 8.20. The predicted octanol–water partition coefficient (Wildman–Crippen LogP) is 6.14. The van der Waals surface area contributed by atoms with Gasteiger partial charge in [-0.3, -0.25) is 4.72 Å². The Hall–Kier alpha value is -3.88. The highest BCUT2D eigenvalue weighted by Crippen LogP contribution is 2.34. The van der Waals surface area contributed by atoms with Crippen LogP contribution < -0.4 is 15.2 Å². The third-order valence-corrected chi connectivity index (χ3v) is 7.17. The van der Waals surface area contributed by atoms with Crippen LogP contribution in [0.25, 0.3) is 22.0 Å². The summed E-state index contributed by atoms with van der Waals surface area (Å²) in [6.07, 6.45) is 0. The second-order valence-electron chi connectivity index (χ2n) is 7.33. The van der Waals surface area contributed by atoms with Crippen molar-refractivity contribution in [2.75, 3.05) is 10.5 Å². The summed E-state index contributed by atoms with van der Waals surface area (Å²) in [6, 6.07) is 27.0. The molecule has 0 bridgehead atoms. The SMILES string of the molecule is Nc1ccc(S(=O)(=O)Nc2ccc(-c3csc(Oc4cccc5ccccc45)n3)cc2)cc1. The first-order valence-corrected chi connectivity index (χ1v) is 12.4. The standard InChI is InChI=1S/C25H19N3O3S2/c26-19-10-14-21(15-11-19)33(29,30)28-20-12-8-18(9-13-20)23-16-32-25(27-23)31-24-7-3-5-17-4-1-2-6-22(17)24/h1-16,28H,26H2. The van der Waals surface area contributed by atoms with Crippen LogP contribution in [0.4, 0.5) is 11.4 Å². The molecule has 0 saturated carbocycles. The molecule has 1 heterocycles. The van der Waals surface area contributed by atoms with Crippen LogP contribution >= 0.6 is 11.3 Å². The number of hydrogen-bond acceptors (Lipinski definition) is 6. The minimum absolute atomic E-state index is 0.149. The van der Waals surface area contributed by atoms with E-state index < -0.39 is 10.0 Å². The van der Waals surface area contributed by atoms with E-state index in [-0.39, 0.29) is 4.90 Å². The van der Waals surface area contributed by atoms with Crippen molar-refractivity contribution in [1.29, 1.82) is 0 Å². The lowest BCUT2D eigenvalue weighted by Crippen LogP contribution is -2.12. The number of benzene rings is 4. The van der Waals surface area contributed by atoms with Crippen LogP contribution in [0.15, 0.2) is 101 Å². The molecule has 4 aromatic carbocycles. The average Bonchev–Trinajstić information content (AvgIpc) is 3.28. The molecule has 0 aliphatic rings. The molecule has 5 aromatic rings. The zero-order chi connectivity index (χ0) is 22.8. The summed E-state index contributed by atoms with van der Waals surface area (Å²) in [4.78, 5) is 4.74. The molecule has 6 nitrogen and oxygen atoms in total. The number of hydrogen-bond donors (Lipinski definition) is 2. The van der Waals surface area contributed by atoms with Gasteiger partial charge in [0.2, 0.25) is 0 Å². The molecule has 0 unspecified atom stereocenters. The quantitative estimate of drug-likeness (QED) is 0.289. The van der Waals surface area contributed by atoms with Crippen LogP contribution in [0.5, 0.6) is 10.9 Å². The van der Waals surface area contributed by atoms with E-state index in [0.717, 1.165) is 27.8 Å². The molecular weight excluding hydrogens is 454 g/mol. The van der Waals surface area contributed by atoms with Gasteiger partial charge in [0.05, 0.1) is 10.6 Å². The summed E-state index contributed by atoms with van der Waals surface area (Å²) in [5, 5.41) is 4.57. The molecule has 0 aliphatic carbocycles. The number of nitrogens with one attached hydrogen (secondary N) is 1. The zero-order valence-electron chi connectivity index (χ0n) is 17.3. The Morgan fingerprint density at radius 2 is 1.58 bits per heavy atom. The fraction of sp³-hybridized carbons (Fsp3) is 0. The number of ether oxygens (including phenoxy) is 1. The molecule has 0 spiro atoms. The molecule has 0 atom stereocenters. The Bertz CT molecular complexity index is 1520. The molecule has 3 N–H and O–H groups in total. The summed E-state index contributed by atoms with van der Waals surface area (Å²) in [6.45, 7) is 0. The normalized spacial score (nSPS) is 11.4. The summed E-state index contributed by atoms with van der Waals surface area (Å²) >= 11 is 1.41. The van der Waals surface area contributed by atoms with E-state index >= 15 is 0 Å². The van der Waals surface area contributed by atoms with E-state index in [1.807, 2.05) is 60.0 Å². The maximum atomic E-state index is 12.6. The highest BCUT2D eigenvalue weighted by Gasteiger charge is 2.14. The van der Waals surface area contributed by atoms with Gasteiger partial charge in [-0.05, 0) is 47.9 Å². The van der Waals surface area contributed by atoms with E-state index in [1.54, 1.807) is 24.3 Å². The molecule has 5 rings (SSSR count). The van der Waals surface area contributed by atoms with Crippen molar-refractivity contribution >= 4 is 43.5 Å². The van der Waals surface area contributed by atoms with E-state index in [2.05, 4.69) is 9.71 Å². The van der Waals surface area contributed by atoms with Crippen molar-refractivity contribution in [3.05, 3.63) is 96.4 Å². The van der Waals surface area contributed by atoms with Gasteiger partial charge in [-0.25, -0.2) is 13.4 Å². The van der Waals surface area contributed by atoms with Crippen LogP contribution in [0.2, 0.25) is 0 Å². The molecule has 0 amide bonds. The maximum absolute atomic E-state index is 12.6. The van der Waals surface area contributed by atoms with E-state index in [9.17, 15) is 8.42 Å². The minimum Gasteiger partial charge on any atom is -0.430 e. The smallest absolute Gasteiger partial charge is 0.279 e. The molecule has 8 heteroatoms. The van der Waals surface area contributed by atoms with Crippen LogP contribution in [-0.4, -0.2) is 13.4 Å². The molecule has 0 aliphatic heterocycles. The fourth-order valence-corrected chi connectivity index (χ4v) is 5.13. The Morgan fingerprint density at radius 1 is 0.848 bits per heavy atom. The number of nitrogens with two attached hydrogens (primary N) is 1. The number of nitrogen functional groups attached to an aromatic ring is 1. The lowest BCUT2D eigenvalue weighted by atomic mass is 10.1. The molecule has 33 heavy (non-hydrogen) atoms. The van der Waals surface area contributed by atoms with Gasteiger partial charge in [0, 0.05) is 27.7 Å². The van der Waals surface area contributed by atoms with Crippen molar-refractivity contribution in [3.8, 4) is 22.2 Å². The van der Waals surface area contributed by atoms with Crippen LogP contribution in [0.3, 0.4) is 0 Å². The van der Waals surface area contributed by atoms with Gasteiger partial charge in [-0.1, -0.05) is 59.9 Å². The third-order valence-electron chi connectivity index (χ3n) is 5.05. The van der Waals surface area contributed by atoms with Crippen LogP contribution in [-0.2, 0) is 10.0 Å². The van der Waals surface area contributed by atoms with Crippen molar-refractivity contribution in [3.63, 3.8) is 0 Å². The second kappa shape index (κ2) is 8.57. The number of anilines is 2. The van der Waals surface area contributed by atoms with E-state index in [1.165, 1.54) is 23.5 Å². The van der Waals surface area contributed by atoms with Crippen LogP contribution in [0, 0.1) is 0 Å². The van der Waals surface area contributed by atoms with Crippen molar-refractivity contribution in [2.45, 2.75) is 4.90 Å². The summed E-state index contributed by atoms with van der Waals surface area (Å²) < 4.78 is 33.7. The second-order valence-corrected chi connectivity index (χ2v) is 9.83. The first-order chi connectivity index (χ1) is 16.0. The Morgan fingerprint density at radius 3 is 2.36 bits per heavy atom. The number of fused-ring (bicyclic) bond motifs is 1. The number of thiazole rings is 1. The van der Waals surface area contributed by atoms with Gasteiger partial charge in [0.1, 0.15) is 5.75 Å². The third kappa shape index (κ3) is 4.52.